The first kappa shape index (κ1) is 11.5. The lowest BCUT2D eigenvalue weighted by molar-refractivity contribution is 0.0698. The van der Waals surface area contributed by atoms with Gasteiger partial charge in [-0.05, 0) is 23.9 Å². The van der Waals surface area contributed by atoms with Gasteiger partial charge in [0.05, 0.1) is 11.3 Å². The van der Waals surface area contributed by atoms with E-state index in [4.69, 9.17) is 10.8 Å². The van der Waals surface area contributed by atoms with E-state index >= 15 is 0 Å². The minimum absolute atomic E-state index is 0.0946. The summed E-state index contributed by atoms with van der Waals surface area (Å²) in [6.07, 6.45) is 1.43. The van der Waals surface area contributed by atoms with Crippen LogP contribution in [0.1, 0.15) is 10.4 Å². The van der Waals surface area contributed by atoms with Crippen LogP contribution < -0.4 is 5.73 Å². The van der Waals surface area contributed by atoms with Crippen LogP contribution in [-0.4, -0.2) is 25.8 Å². The lowest BCUT2D eigenvalue weighted by Crippen LogP contribution is -2.03. The summed E-state index contributed by atoms with van der Waals surface area (Å²) in [6, 6.07) is 4.87. The largest absolute Gasteiger partial charge is 0.478 e. The quantitative estimate of drug-likeness (QED) is 0.796. The molecule has 2 rings (SSSR count). The molecule has 88 valence electrons. The van der Waals surface area contributed by atoms with Gasteiger partial charge in [0.25, 0.3) is 0 Å². The van der Waals surface area contributed by atoms with E-state index < -0.39 is 5.97 Å². The van der Waals surface area contributed by atoms with Crippen LogP contribution in [0.25, 0.3) is 0 Å². The third-order valence-corrected chi connectivity index (χ3v) is 3.30. The van der Waals surface area contributed by atoms with Gasteiger partial charge in [-0.25, -0.2) is 14.5 Å². The number of aromatic nitrogens is 3. The molecule has 0 saturated heterocycles. The average Bonchev–Trinajstić information content (AvgIpc) is 2.67. The SMILES string of the molecule is Cn1ncnc1Sc1cccc(C(=O)O)c1N. The van der Waals surface area contributed by atoms with Crippen LogP contribution in [0, 0.1) is 0 Å². The number of nitrogens with two attached hydrogens (primary N) is 1. The van der Waals surface area contributed by atoms with Crippen molar-refractivity contribution in [1.29, 1.82) is 0 Å². The number of carboxylic acid groups (broad SMARTS) is 1. The highest BCUT2D eigenvalue weighted by Crippen LogP contribution is 2.32. The van der Waals surface area contributed by atoms with E-state index in [1.54, 1.807) is 23.9 Å². The average molecular weight is 250 g/mol. The number of benzene rings is 1. The van der Waals surface area contributed by atoms with Gasteiger partial charge in [0.15, 0.2) is 5.16 Å². The van der Waals surface area contributed by atoms with E-state index in [-0.39, 0.29) is 11.3 Å². The second-order valence-electron chi connectivity index (χ2n) is 3.29. The molecule has 6 nitrogen and oxygen atoms in total. The fourth-order valence-corrected chi connectivity index (χ4v) is 2.14. The zero-order valence-corrected chi connectivity index (χ0v) is 9.81. The lowest BCUT2D eigenvalue weighted by Gasteiger charge is -2.06. The topological polar surface area (TPSA) is 94.0 Å². The molecule has 7 heteroatoms. The van der Waals surface area contributed by atoms with Crippen molar-refractivity contribution in [3.63, 3.8) is 0 Å². The number of carboxylic acids is 1. The molecule has 17 heavy (non-hydrogen) atoms. The van der Waals surface area contributed by atoms with E-state index in [1.807, 2.05) is 0 Å². The normalized spacial score (nSPS) is 10.4. The van der Waals surface area contributed by atoms with Crippen molar-refractivity contribution in [2.24, 2.45) is 7.05 Å². The minimum atomic E-state index is -1.04. The molecular formula is C10H10N4O2S. The molecule has 0 radical (unpaired) electrons. The maximum absolute atomic E-state index is 10.9. The van der Waals surface area contributed by atoms with Crippen LogP contribution in [0.4, 0.5) is 5.69 Å². The summed E-state index contributed by atoms with van der Waals surface area (Å²) in [5.74, 6) is -1.04. The zero-order chi connectivity index (χ0) is 12.4. The number of nitrogen functional groups attached to an aromatic ring is 1. The van der Waals surface area contributed by atoms with Crippen LogP contribution in [0.3, 0.4) is 0 Å². The summed E-state index contributed by atoms with van der Waals surface area (Å²) < 4.78 is 1.59. The second-order valence-corrected chi connectivity index (χ2v) is 4.30. The maximum Gasteiger partial charge on any atom is 0.337 e. The molecule has 0 atom stereocenters. The lowest BCUT2D eigenvalue weighted by atomic mass is 10.2. The molecule has 1 aromatic heterocycles. The Morgan fingerprint density at radius 2 is 2.29 bits per heavy atom. The molecule has 2 aromatic rings. The fraction of sp³-hybridized carbons (Fsp3) is 0.100. The molecule has 3 N–H and O–H groups in total. The van der Waals surface area contributed by atoms with Gasteiger partial charge in [-0.15, -0.1) is 0 Å². The van der Waals surface area contributed by atoms with Crippen molar-refractivity contribution in [3.05, 3.63) is 30.1 Å². The van der Waals surface area contributed by atoms with Crippen molar-refractivity contribution in [3.8, 4) is 0 Å². The molecule has 0 aliphatic rings. The Labute approximate surface area is 101 Å². The number of nitrogens with zero attached hydrogens (tertiary/aromatic N) is 3. The third kappa shape index (κ3) is 2.23. The van der Waals surface area contributed by atoms with Crippen LogP contribution in [0.2, 0.25) is 0 Å². The highest BCUT2D eigenvalue weighted by molar-refractivity contribution is 7.99. The molecule has 1 heterocycles. The number of para-hydroxylation sites is 1. The predicted molar refractivity (Wildman–Crippen MR) is 62.9 cm³/mol. The third-order valence-electron chi connectivity index (χ3n) is 2.17. The number of carbonyl (C=O) groups is 1. The Balaban J connectivity index is 2.37. The van der Waals surface area contributed by atoms with Crippen molar-refractivity contribution in [1.82, 2.24) is 14.8 Å². The standard InChI is InChI=1S/C10H10N4O2S/c1-14-10(12-5-13-14)17-7-4-2-3-6(8(7)11)9(15)16/h2-5H,11H2,1H3,(H,15,16). The number of hydrogen-bond donors (Lipinski definition) is 2. The molecule has 0 spiro atoms. The molecule has 0 bridgehead atoms. The summed E-state index contributed by atoms with van der Waals surface area (Å²) in [5.41, 5.74) is 6.13. The summed E-state index contributed by atoms with van der Waals surface area (Å²) in [7, 11) is 1.76. The van der Waals surface area contributed by atoms with Gasteiger partial charge in [0.2, 0.25) is 0 Å². The van der Waals surface area contributed by atoms with Gasteiger partial charge in [0.1, 0.15) is 6.33 Å². The van der Waals surface area contributed by atoms with Gasteiger partial charge in [0, 0.05) is 11.9 Å². The van der Waals surface area contributed by atoms with Gasteiger partial charge in [-0.1, -0.05) is 6.07 Å². The number of rotatable bonds is 3. The molecule has 0 amide bonds. The Morgan fingerprint density at radius 3 is 2.88 bits per heavy atom. The van der Waals surface area contributed by atoms with E-state index in [9.17, 15) is 4.79 Å². The zero-order valence-electron chi connectivity index (χ0n) is 8.99. The Bertz CT molecular complexity index is 567. The summed E-state index contributed by atoms with van der Waals surface area (Å²) in [4.78, 5) is 15.6. The van der Waals surface area contributed by atoms with Crippen molar-refractivity contribution < 1.29 is 9.90 Å². The van der Waals surface area contributed by atoms with Crippen LogP contribution >= 0.6 is 11.8 Å². The highest BCUT2D eigenvalue weighted by atomic mass is 32.2. The van der Waals surface area contributed by atoms with Crippen LogP contribution in [-0.2, 0) is 7.05 Å². The Hall–Kier alpha value is -2.02. The molecule has 0 unspecified atom stereocenters. The monoisotopic (exact) mass is 250 g/mol. The first-order chi connectivity index (χ1) is 8.09. The predicted octanol–water partition coefficient (Wildman–Crippen LogP) is 1.25. The van der Waals surface area contributed by atoms with Gasteiger partial charge < -0.3 is 10.8 Å². The molecule has 0 aliphatic carbocycles. The van der Waals surface area contributed by atoms with Gasteiger partial charge in [-0.2, -0.15) is 5.10 Å². The number of aryl methyl sites for hydroxylation is 1. The van der Waals surface area contributed by atoms with E-state index in [2.05, 4.69) is 10.1 Å². The number of anilines is 1. The van der Waals surface area contributed by atoms with Crippen molar-refractivity contribution in [2.45, 2.75) is 10.1 Å². The van der Waals surface area contributed by atoms with E-state index in [0.717, 1.165) is 0 Å². The van der Waals surface area contributed by atoms with Crippen molar-refractivity contribution >= 4 is 23.4 Å². The van der Waals surface area contributed by atoms with E-state index in [0.29, 0.717) is 10.1 Å². The van der Waals surface area contributed by atoms with Crippen molar-refractivity contribution in [2.75, 3.05) is 5.73 Å². The molecule has 1 aromatic carbocycles. The Morgan fingerprint density at radius 1 is 1.53 bits per heavy atom. The summed E-state index contributed by atoms with van der Waals surface area (Å²) in [6.45, 7) is 0. The van der Waals surface area contributed by atoms with Crippen LogP contribution in [0.5, 0.6) is 0 Å². The number of aromatic carboxylic acids is 1. The highest BCUT2D eigenvalue weighted by Gasteiger charge is 2.13. The maximum atomic E-state index is 10.9. The molecule has 0 fully saturated rings. The second kappa shape index (κ2) is 4.46. The fourth-order valence-electron chi connectivity index (χ4n) is 1.30. The first-order valence-electron chi connectivity index (χ1n) is 4.73. The molecule has 0 aliphatic heterocycles. The smallest absolute Gasteiger partial charge is 0.337 e. The summed E-state index contributed by atoms with van der Waals surface area (Å²) in [5, 5.41) is 13.5. The Kier molecular flexibility index (Phi) is 3.01. The first-order valence-corrected chi connectivity index (χ1v) is 5.55. The van der Waals surface area contributed by atoms with E-state index in [1.165, 1.54) is 24.2 Å². The van der Waals surface area contributed by atoms with Gasteiger partial charge in [-0.3, -0.25) is 0 Å². The minimum Gasteiger partial charge on any atom is -0.478 e. The summed E-state index contributed by atoms with van der Waals surface area (Å²) >= 11 is 1.28. The number of hydrogen-bond acceptors (Lipinski definition) is 5. The van der Waals surface area contributed by atoms with Gasteiger partial charge >= 0.3 is 5.97 Å². The molecule has 0 saturated carbocycles. The van der Waals surface area contributed by atoms with Crippen LogP contribution in [0.15, 0.2) is 34.6 Å². The molecular weight excluding hydrogens is 240 g/mol.